The lowest BCUT2D eigenvalue weighted by Gasteiger charge is -2.29. The highest BCUT2D eigenvalue weighted by Crippen LogP contribution is 2.29. The van der Waals surface area contributed by atoms with Gasteiger partial charge in [-0.3, -0.25) is 9.69 Å². The SMILES string of the molecule is COC(=O)[C@H]1CC[C@H](O[C@@H]2C[C@@H](CO)N(C)C2)CC1. The summed E-state index contributed by atoms with van der Waals surface area (Å²) in [6.07, 6.45) is 4.99. The average molecular weight is 271 g/mol. The van der Waals surface area contributed by atoms with Gasteiger partial charge in [-0.05, 0) is 39.2 Å². The molecule has 0 aromatic carbocycles. The molecule has 2 fully saturated rings. The molecule has 0 aromatic rings. The van der Waals surface area contributed by atoms with E-state index in [1.165, 1.54) is 7.11 Å². The van der Waals surface area contributed by atoms with Crippen LogP contribution in [0.2, 0.25) is 0 Å². The van der Waals surface area contributed by atoms with Gasteiger partial charge >= 0.3 is 5.97 Å². The van der Waals surface area contributed by atoms with Crippen molar-refractivity contribution >= 4 is 5.97 Å². The zero-order valence-corrected chi connectivity index (χ0v) is 11.9. The third kappa shape index (κ3) is 3.68. The molecule has 2 atom stereocenters. The van der Waals surface area contributed by atoms with E-state index in [1.807, 2.05) is 7.05 Å². The maximum atomic E-state index is 11.4. The predicted octanol–water partition coefficient (Wildman–Crippen LogP) is 0.800. The van der Waals surface area contributed by atoms with Crippen LogP contribution in [0.1, 0.15) is 32.1 Å². The van der Waals surface area contributed by atoms with Crippen LogP contribution in [-0.4, -0.2) is 61.5 Å². The second-order valence-corrected chi connectivity index (χ2v) is 5.77. The van der Waals surface area contributed by atoms with E-state index in [9.17, 15) is 9.90 Å². The lowest BCUT2D eigenvalue weighted by molar-refractivity contribution is -0.147. The Morgan fingerprint density at radius 3 is 2.47 bits per heavy atom. The topological polar surface area (TPSA) is 59.0 Å². The number of ether oxygens (including phenoxy) is 2. The van der Waals surface area contributed by atoms with E-state index in [-0.39, 0.29) is 36.7 Å². The van der Waals surface area contributed by atoms with Gasteiger partial charge in [-0.2, -0.15) is 0 Å². The number of nitrogens with zero attached hydrogens (tertiary/aromatic N) is 1. The van der Waals surface area contributed by atoms with Gasteiger partial charge in [0.2, 0.25) is 0 Å². The fourth-order valence-corrected chi connectivity index (χ4v) is 3.21. The molecule has 1 aliphatic heterocycles. The van der Waals surface area contributed by atoms with Gasteiger partial charge in [0.15, 0.2) is 0 Å². The Kier molecular flexibility index (Phi) is 5.19. The molecule has 2 rings (SSSR count). The molecule has 1 N–H and O–H groups in total. The van der Waals surface area contributed by atoms with Crippen LogP contribution < -0.4 is 0 Å². The number of methoxy groups -OCH3 is 1. The zero-order valence-electron chi connectivity index (χ0n) is 11.9. The molecular weight excluding hydrogens is 246 g/mol. The summed E-state index contributed by atoms with van der Waals surface area (Å²) in [5.41, 5.74) is 0. The van der Waals surface area contributed by atoms with E-state index < -0.39 is 0 Å². The number of hydrogen-bond acceptors (Lipinski definition) is 5. The number of rotatable bonds is 4. The Hall–Kier alpha value is -0.650. The minimum absolute atomic E-state index is 0.0568. The quantitative estimate of drug-likeness (QED) is 0.766. The second-order valence-electron chi connectivity index (χ2n) is 5.77. The van der Waals surface area contributed by atoms with Crippen LogP contribution in [0.5, 0.6) is 0 Å². The number of carbonyl (C=O) groups is 1. The second kappa shape index (κ2) is 6.68. The highest BCUT2D eigenvalue weighted by molar-refractivity contribution is 5.72. The Morgan fingerprint density at radius 1 is 1.26 bits per heavy atom. The molecule has 0 bridgehead atoms. The molecule has 0 aromatic heterocycles. The van der Waals surface area contributed by atoms with E-state index in [4.69, 9.17) is 9.47 Å². The fourth-order valence-electron chi connectivity index (χ4n) is 3.21. The molecule has 0 amide bonds. The Morgan fingerprint density at radius 2 is 1.95 bits per heavy atom. The van der Waals surface area contributed by atoms with E-state index in [1.54, 1.807) is 0 Å². The van der Waals surface area contributed by atoms with Crippen LogP contribution >= 0.6 is 0 Å². The molecule has 5 nitrogen and oxygen atoms in total. The molecule has 0 spiro atoms. The Balaban J connectivity index is 1.73. The van der Waals surface area contributed by atoms with Gasteiger partial charge < -0.3 is 14.6 Å². The van der Waals surface area contributed by atoms with Crippen molar-refractivity contribution in [1.29, 1.82) is 0 Å². The molecule has 110 valence electrons. The molecule has 2 aliphatic rings. The Bertz CT molecular complexity index is 302. The molecule has 1 aliphatic carbocycles. The fraction of sp³-hybridized carbons (Fsp3) is 0.929. The van der Waals surface area contributed by atoms with Crippen LogP contribution in [-0.2, 0) is 14.3 Å². The van der Waals surface area contributed by atoms with Crippen LogP contribution in [0.15, 0.2) is 0 Å². The summed E-state index contributed by atoms with van der Waals surface area (Å²) >= 11 is 0. The van der Waals surface area contributed by atoms with Crippen molar-refractivity contribution in [2.45, 2.75) is 50.4 Å². The van der Waals surface area contributed by atoms with Gasteiger partial charge in [-0.15, -0.1) is 0 Å². The van der Waals surface area contributed by atoms with E-state index in [0.717, 1.165) is 38.6 Å². The maximum Gasteiger partial charge on any atom is 0.308 e. The monoisotopic (exact) mass is 271 g/mol. The smallest absolute Gasteiger partial charge is 0.308 e. The average Bonchev–Trinajstić information content (AvgIpc) is 2.78. The molecule has 1 saturated heterocycles. The van der Waals surface area contributed by atoms with Gasteiger partial charge in [0.1, 0.15) is 0 Å². The van der Waals surface area contributed by atoms with Crippen molar-refractivity contribution in [2.75, 3.05) is 27.3 Å². The summed E-state index contributed by atoms with van der Waals surface area (Å²) < 4.78 is 10.9. The normalized spacial score (nSPS) is 36.4. The molecule has 1 saturated carbocycles. The van der Waals surface area contributed by atoms with Crippen LogP contribution in [0, 0.1) is 5.92 Å². The molecule has 1 heterocycles. The first-order valence-corrected chi connectivity index (χ1v) is 7.18. The summed E-state index contributed by atoms with van der Waals surface area (Å²) in [6.45, 7) is 1.09. The Labute approximate surface area is 114 Å². The van der Waals surface area contributed by atoms with Crippen molar-refractivity contribution in [2.24, 2.45) is 5.92 Å². The first-order valence-electron chi connectivity index (χ1n) is 7.18. The minimum Gasteiger partial charge on any atom is -0.469 e. The van der Waals surface area contributed by atoms with Gasteiger partial charge in [-0.25, -0.2) is 0 Å². The van der Waals surface area contributed by atoms with Crippen molar-refractivity contribution in [3.8, 4) is 0 Å². The summed E-state index contributed by atoms with van der Waals surface area (Å²) in [5.74, 6) is -0.0271. The lowest BCUT2D eigenvalue weighted by Crippen LogP contribution is -2.31. The lowest BCUT2D eigenvalue weighted by atomic mass is 9.87. The predicted molar refractivity (Wildman–Crippen MR) is 70.8 cm³/mol. The van der Waals surface area contributed by atoms with Gasteiger partial charge in [0.25, 0.3) is 0 Å². The number of aliphatic hydroxyl groups is 1. The van der Waals surface area contributed by atoms with Gasteiger partial charge in [-0.1, -0.05) is 0 Å². The maximum absolute atomic E-state index is 11.4. The number of esters is 1. The molecule has 19 heavy (non-hydrogen) atoms. The van der Waals surface area contributed by atoms with Crippen LogP contribution in [0.4, 0.5) is 0 Å². The highest BCUT2D eigenvalue weighted by Gasteiger charge is 2.33. The minimum atomic E-state index is -0.0839. The van der Waals surface area contributed by atoms with Gasteiger partial charge in [0.05, 0.1) is 31.8 Å². The van der Waals surface area contributed by atoms with Crippen molar-refractivity contribution < 1.29 is 19.4 Å². The largest absolute Gasteiger partial charge is 0.469 e. The number of hydrogen-bond donors (Lipinski definition) is 1. The highest BCUT2D eigenvalue weighted by atomic mass is 16.5. The van der Waals surface area contributed by atoms with Crippen molar-refractivity contribution in [1.82, 2.24) is 4.90 Å². The van der Waals surface area contributed by atoms with Crippen LogP contribution in [0.25, 0.3) is 0 Å². The first-order chi connectivity index (χ1) is 9.13. The zero-order chi connectivity index (χ0) is 13.8. The van der Waals surface area contributed by atoms with E-state index in [0.29, 0.717) is 0 Å². The summed E-state index contributed by atoms with van der Waals surface area (Å²) in [6, 6.07) is 0.233. The third-order valence-electron chi connectivity index (χ3n) is 4.45. The molecule has 5 heteroatoms. The number of likely N-dealkylation sites (tertiary alicyclic amines) is 1. The van der Waals surface area contributed by atoms with Crippen molar-refractivity contribution in [3.63, 3.8) is 0 Å². The first kappa shape index (κ1) is 14.8. The number of aliphatic hydroxyl groups excluding tert-OH is 1. The van der Waals surface area contributed by atoms with Crippen molar-refractivity contribution in [3.05, 3.63) is 0 Å². The molecule has 0 unspecified atom stereocenters. The van der Waals surface area contributed by atoms with E-state index in [2.05, 4.69) is 4.90 Å². The molecular formula is C14H25NO4. The summed E-state index contributed by atoms with van der Waals surface area (Å²) in [4.78, 5) is 13.6. The van der Waals surface area contributed by atoms with Crippen LogP contribution in [0.3, 0.4) is 0 Å². The summed E-state index contributed by atoms with van der Waals surface area (Å²) in [5, 5.41) is 9.23. The van der Waals surface area contributed by atoms with Gasteiger partial charge in [0, 0.05) is 12.6 Å². The number of likely N-dealkylation sites (N-methyl/N-ethyl adjacent to an activating group) is 1. The van der Waals surface area contributed by atoms with E-state index >= 15 is 0 Å². The third-order valence-corrected chi connectivity index (χ3v) is 4.45. The summed E-state index contributed by atoms with van der Waals surface area (Å²) in [7, 11) is 3.48. The number of carbonyl (C=O) groups excluding carboxylic acids is 1. The standard InChI is InChI=1S/C14H25NO4/c1-15-8-13(7-11(15)9-16)19-12-5-3-10(4-6-12)14(17)18-2/h10-13,16H,3-9H2,1-2H3/t10-,11-,12-,13+/m0/s1. The molecule has 0 radical (unpaired) electrons.